The number of hydrogen-bond donors (Lipinski definition) is 3. The number of nitrogens with one attached hydrogen (secondary N) is 1. The van der Waals surface area contributed by atoms with E-state index in [0.29, 0.717) is 22.4 Å². The molecule has 0 radical (unpaired) electrons. The highest BCUT2D eigenvalue weighted by molar-refractivity contribution is 8.00. The second-order valence-electron chi connectivity index (χ2n) is 8.11. The number of aromatic nitrogens is 1. The maximum atomic E-state index is 12.8. The van der Waals surface area contributed by atoms with Crippen molar-refractivity contribution < 1.29 is 28.8 Å². The van der Waals surface area contributed by atoms with E-state index in [2.05, 4.69) is 15.5 Å². The molecule has 3 heterocycles. The van der Waals surface area contributed by atoms with E-state index in [1.807, 2.05) is 27.2 Å². The van der Waals surface area contributed by atoms with E-state index >= 15 is 0 Å². The predicted octanol–water partition coefficient (Wildman–Crippen LogP) is 0.0768. The maximum Gasteiger partial charge on any atom is 0.352 e. The zero-order valence-electron chi connectivity index (χ0n) is 18.1. The van der Waals surface area contributed by atoms with Gasteiger partial charge in [0.05, 0.1) is 27.7 Å². The fraction of sp³-hybridized carbons (Fsp3) is 0.421. The van der Waals surface area contributed by atoms with E-state index in [1.54, 1.807) is 11.5 Å². The minimum Gasteiger partial charge on any atom is -0.477 e. The zero-order valence-corrected chi connectivity index (χ0v) is 19.7. The molecule has 1 fully saturated rings. The third-order valence-corrected chi connectivity index (χ3v) is 6.60. The number of thiazole rings is 1. The van der Waals surface area contributed by atoms with Gasteiger partial charge in [-0.25, -0.2) is 9.78 Å². The first kappa shape index (κ1) is 23.8. The first-order valence-corrected chi connectivity index (χ1v) is 11.5. The maximum absolute atomic E-state index is 12.8. The van der Waals surface area contributed by atoms with Crippen LogP contribution in [0.4, 0.5) is 5.13 Å². The Hall–Kier alpha value is -2.90. The van der Waals surface area contributed by atoms with E-state index in [0.717, 1.165) is 11.3 Å². The number of likely N-dealkylation sites (N-methyl/N-ethyl adjacent to an activating group) is 1. The highest BCUT2D eigenvalue weighted by atomic mass is 32.2. The lowest BCUT2D eigenvalue weighted by Gasteiger charge is -2.49. The molecule has 0 unspecified atom stereocenters. The number of amides is 2. The van der Waals surface area contributed by atoms with E-state index in [9.17, 15) is 19.5 Å². The van der Waals surface area contributed by atoms with Gasteiger partial charge < -0.3 is 25.5 Å². The molecule has 11 nitrogen and oxygen atoms in total. The van der Waals surface area contributed by atoms with Crippen molar-refractivity contribution in [3.05, 3.63) is 34.5 Å². The number of nitrogen functional groups attached to an aromatic ring is 1. The van der Waals surface area contributed by atoms with Gasteiger partial charge >= 0.3 is 5.97 Å². The number of allylic oxidation sites excluding steroid dienone is 1. The molecule has 0 aliphatic carbocycles. The van der Waals surface area contributed by atoms with Gasteiger partial charge in [-0.3, -0.25) is 14.5 Å². The summed E-state index contributed by atoms with van der Waals surface area (Å²) in [7, 11) is 7.36. The summed E-state index contributed by atoms with van der Waals surface area (Å²) < 4.78 is 0.689. The van der Waals surface area contributed by atoms with Crippen molar-refractivity contribution in [2.24, 2.45) is 5.16 Å². The number of β-lactam (4-membered cyclic amide) rings is 1. The standard InChI is InChI=1S/C19H24N6O5S2/c1-25(2,3)7-5-6-10-8-31-17-13(16(27)24(17)14(10)18(28)29)22-15(26)12(23-30-4)11-9-32-19(20)21-11/h5-6,9,13,17H,7-8H2,1-4H3,(H3-,20,21,22,26,28,29)/p+1/b6-5-,23-12+/t13-,17-/m1/s1. The summed E-state index contributed by atoms with van der Waals surface area (Å²) in [5.74, 6) is -1.94. The number of anilines is 1. The summed E-state index contributed by atoms with van der Waals surface area (Å²) in [6.45, 7) is 0.708. The monoisotopic (exact) mass is 481 g/mol. The average molecular weight is 482 g/mol. The highest BCUT2D eigenvalue weighted by Gasteiger charge is 2.54. The number of thioether (sulfide) groups is 1. The average Bonchev–Trinajstić information content (AvgIpc) is 3.14. The summed E-state index contributed by atoms with van der Waals surface area (Å²) in [4.78, 5) is 47.5. The van der Waals surface area contributed by atoms with Crippen LogP contribution in [0.15, 0.2) is 34.0 Å². The first-order valence-electron chi connectivity index (χ1n) is 9.55. The van der Waals surface area contributed by atoms with Gasteiger partial charge in [0.2, 0.25) is 0 Å². The number of carbonyl (C=O) groups is 3. The molecule has 2 amide bonds. The topological polar surface area (TPSA) is 147 Å². The summed E-state index contributed by atoms with van der Waals surface area (Å²) in [5.41, 5.74) is 6.23. The number of quaternary nitrogens is 1. The van der Waals surface area contributed by atoms with Crippen LogP contribution in [0, 0.1) is 0 Å². The Kier molecular flexibility index (Phi) is 6.91. The number of rotatable bonds is 8. The van der Waals surface area contributed by atoms with Crippen LogP contribution in [0.25, 0.3) is 0 Å². The van der Waals surface area contributed by atoms with Gasteiger partial charge in [0.15, 0.2) is 10.8 Å². The van der Waals surface area contributed by atoms with Crippen LogP contribution in [-0.4, -0.2) is 94.9 Å². The molecule has 0 spiro atoms. The van der Waals surface area contributed by atoms with Crippen LogP contribution in [0.2, 0.25) is 0 Å². The van der Waals surface area contributed by atoms with Crippen LogP contribution < -0.4 is 11.1 Å². The van der Waals surface area contributed by atoms with Gasteiger partial charge in [-0.05, 0) is 11.6 Å². The molecule has 1 aromatic rings. The highest BCUT2D eigenvalue weighted by Crippen LogP contribution is 2.40. The molecule has 2 aliphatic rings. The second kappa shape index (κ2) is 9.30. The molecular formula is C19H25N6O5S2+. The van der Waals surface area contributed by atoms with Crippen molar-refractivity contribution in [3.8, 4) is 0 Å². The first-order chi connectivity index (χ1) is 15.0. The molecule has 0 aromatic carbocycles. The van der Waals surface area contributed by atoms with Crippen LogP contribution in [0.3, 0.4) is 0 Å². The number of hydrogen-bond acceptors (Lipinski definition) is 9. The summed E-state index contributed by atoms with van der Waals surface area (Å²) in [6.07, 6.45) is 3.65. The zero-order chi connectivity index (χ0) is 23.6. The number of carboxylic acids is 1. The second-order valence-corrected chi connectivity index (χ2v) is 10.1. The molecule has 1 aromatic heterocycles. The molecule has 172 valence electrons. The number of carbonyl (C=O) groups excluding carboxylic acids is 2. The predicted molar refractivity (Wildman–Crippen MR) is 122 cm³/mol. The van der Waals surface area contributed by atoms with Crippen LogP contribution >= 0.6 is 23.1 Å². The fourth-order valence-corrected chi connectivity index (χ4v) is 5.05. The van der Waals surface area contributed by atoms with Gasteiger partial charge in [0.25, 0.3) is 11.8 Å². The molecule has 3 rings (SSSR count). The molecule has 0 saturated carbocycles. The van der Waals surface area contributed by atoms with Crippen molar-refractivity contribution in [3.63, 3.8) is 0 Å². The SMILES string of the molecule is CO/N=C(/C(=O)N[C@@H]1C(=O)N2C(C(=O)O)=C(/C=C\C[N+](C)(C)C)CS[C@H]12)c1csc(N)n1. The summed E-state index contributed by atoms with van der Waals surface area (Å²) in [6, 6.07) is -0.892. The number of carboxylic acid groups (broad SMARTS) is 1. The van der Waals surface area contributed by atoms with E-state index < -0.39 is 29.2 Å². The molecular weight excluding hydrogens is 456 g/mol. The summed E-state index contributed by atoms with van der Waals surface area (Å²) in [5, 5.41) is 17.3. The van der Waals surface area contributed by atoms with E-state index in [4.69, 9.17) is 10.6 Å². The molecule has 13 heteroatoms. The Morgan fingerprint density at radius 3 is 2.75 bits per heavy atom. The number of aliphatic carboxylic acids is 1. The Bertz CT molecular complexity index is 1030. The lowest BCUT2D eigenvalue weighted by molar-refractivity contribution is -0.864. The van der Waals surface area contributed by atoms with Crippen molar-refractivity contribution in [1.82, 2.24) is 15.2 Å². The number of nitrogens with zero attached hydrogens (tertiary/aromatic N) is 4. The van der Waals surface area contributed by atoms with Crippen molar-refractivity contribution in [1.29, 1.82) is 0 Å². The van der Waals surface area contributed by atoms with E-state index in [-0.39, 0.29) is 22.2 Å². The van der Waals surface area contributed by atoms with Crippen LogP contribution in [0.1, 0.15) is 5.69 Å². The lowest BCUT2D eigenvalue weighted by atomic mass is 10.0. The third-order valence-electron chi connectivity index (χ3n) is 4.62. The van der Waals surface area contributed by atoms with Gasteiger partial charge in [-0.1, -0.05) is 11.2 Å². The molecule has 2 aliphatic heterocycles. The Labute approximate surface area is 193 Å². The van der Waals surface area contributed by atoms with Gasteiger partial charge in [-0.2, -0.15) is 0 Å². The van der Waals surface area contributed by atoms with Gasteiger partial charge in [-0.15, -0.1) is 23.1 Å². The fourth-order valence-electron chi connectivity index (χ4n) is 3.18. The number of nitrogens with two attached hydrogens (primary N) is 1. The minimum absolute atomic E-state index is 0.0556. The third kappa shape index (κ3) is 4.95. The Morgan fingerprint density at radius 2 is 2.19 bits per heavy atom. The van der Waals surface area contributed by atoms with Gasteiger partial charge in [0.1, 0.15) is 29.9 Å². The smallest absolute Gasteiger partial charge is 0.352 e. The van der Waals surface area contributed by atoms with Crippen LogP contribution in [0.5, 0.6) is 0 Å². The van der Waals surface area contributed by atoms with Gasteiger partial charge in [0, 0.05) is 11.1 Å². The number of oxime groups is 1. The van der Waals surface area contributed by atoms with Crippen molar-refractivity contribution in [2.75, 3.05) is 46.3 Å². The van der Waals surface area contributed by atoms with Crippen molar-refractivity contribution >= 4 is 51.7 Å². The molecule has 0 bridgehead atoms. The van der Waals surface area contributed by atoms with Crippen LogP contribution in [-0.2, 0) is 19.2 Å². The minimum atomic E-state index is -1.18. The Balaban J connectivity index is 1.78. The number of fused-ring (bicyclic) bond motifs is 1. The largest absolute Gasteiger partial charge is 0.477 e. The van der Waals surface area contributed by atoms with E-state index in [1.165, 1.54) is 23.8 Å². The Morgan fingerprint density at radius 1 is 1.47 bits per heavy atom. The molecule has 2 atom stereocenters. The molecule has 4 N–H and O–H groups in total. The lowest BCUT2D eigenvalue weighted by Crippen LogP contribution is -2.71. The normalized spacial score (nSPS) is 21.4. The molecule has 1 saturated heterocycles. The summed E-state index contributed by atoms with van der Waals surface area (Å²) >= 11 is 2.52. The molecule has 32 heavy (non-hydrogen) atoms. The van der Waals surface area contributed by atoms with Crippen molar-refractivity contribution in [2.45, 2.75) is 11.4 Å². The quantitative estimate of drug-likeness (QED) is 0.205.